The van der Waals surface area contributed by atoms with Gasteiger partial charge in [-0.1, -0.05) is 6.07 Å². The molecule has 0 fully saturated rings. The number of hydrogen-bond donors (Lipinski definition) is 2. The molecule has 0 radical (unpaired) electrons. The fraction of sp³-hybridized carbons (Fsp3) is 0.231. The first-order chi connectivity index (χ1) is 8.16. The van der Waals surface area contributed by atoms with Crippen LogP contribution in [0, 0.1) is 5.82 Å². The van der Waals surface area contributed by atoms with Crippen LogP contribution in [0.3, 0.4) is 0 Å². The van der Waals surface area contributed by atoms with Gasteiger partial charge in [0, 0.05) is 6.04 Å². The van der Waals surface area contributed by atoms with Crippen molar-refractivity contribution in [3.63, 3.8) is 0 Å². The fourth-order valence-electron chi connectivity index (χ4n) is 1.74. The molecule has 0 aliphatic carbocycles. The largest absolute Gasteiger partial charge is 0.395 e. The van der Waals surface area contributed by atoms with E-state index in [-0.39, 0.29) is 17.5 Å². The molecule has 1 aromatic heterocycles. The van der Waals surface area contributed by atoms with Crippen molar-refractivity contribution in [1.29, 1.82) is 0 Å². The lowest BCUT2D eigenvalue weighted by molar-refractivity contribution is 0.632. The van der Waals surface area contributed by atoms with E-state index in [0.717, 1.165) is 6.42 Å². The van der Waals surface area contributed by atoms with Gasteiger partial charge in [-0.05, 0) is 47.9 Å². The highest BCUT2D eigenvalue weighted by molar-refractivity contribution is 7.07. The number of hydrogen-bond acceptors (Lipinski definition) is 3. The van der Waals surface area contributed by atoms with E-state index in [9.17, 15) is 4.39 Å². The van der Waals surface area contributed by atoms with E-state index in [1.54, 1.807) is 23.5 Å². The minimum absolute atomic E-state index is 0.185. The molecular formula is C13H15FN2S. The summed E-state index contributed by atoms with van der Waals surface area (Å²) in [6.07, 6.45) is 0.902. The molecule has 17 heavy (non-hydrogen) atoms. The maximum Gasteiger partial charge on any atom is 0.148 e. The summed E-state index contributed by atoms with van der Waals surface area (Å²) in [6, 6.07) is 7.13. The zero-order valence-electron chi connectivity index (χ0n) is 9.61. The highest BCUT2D eigenvalue weighted by Crippen LogP contribution is 2.22. The van der Waals surface area contributed by atoms with Crippen molar-refractivity contribution in [3.05, 3.63) is 46.4 Å². The molecule has 4 heteroatoms. The maximum atomic E-state index is 13.2. The van der Waals surface area contributed by atoms with Gasteiger partial charge in [-0.3, -0.25) is 0 Å². The van der Waals surface area contributed by atoms with Crippen LogP contribution in [-0.4, -0.2) is 6.04 Å². The summed E-state index contributed by atoms with van der Waals surface area (Å²) in [5.41, 5.74) is 7.80. The van der Waals surface area contributed by atoms with Crippen molar-refractivity contribution >= 4 is 22.7 Å². The summed E-state index contributed by atoms with van der Waals surface area (Å²) < 4.78 is 13.2. The van der Waals surface area contributed by atoms with Gasteiger partial charge in [0.25, 0.3) is 0 Å². The summed E-state index contributed by atoms with van der Waals surface area (Å²) >= 11 is 1.68. The number of thiophene rings is 1. The van der Waals surface area contributed by atoms with Crippen LogP contribution in [0.2, 0.25) is 0 Å². The maximum absolute atomic E-state index is 13.2. The van der Waals surface area contributed by atoms with Gasteiger partial charge in [0.15, 0.2) is 0 Å². The van der Waals surface area contributed by atoms with Crippen molar-refractivity contribution in [3.8, 4) is 0 Å². The van der Waals surface area contributed by atoms with Gasteiger partial charge in [0.1, 0.15) is 5.82 Å². The second kappa shape index (κ2) is 5.19. The van der Waals surface area contributed by atoms with Gasteiger partial charge in [0.05, 0.1) is 11.4 Å². The van der Waals surface area contributed by atoms with Crippen LogP contribution in [0.25, 0.3) is 0 Å². The molecule has 1 aromatic carbocycles. The summed E-state index contributed by atoms with van der Waals surface area (Å²) in [5.74, 6) is -0.377. The van der Waals surface area contributed by atoms with E-state index in [4.69, 9.17) is 5.73 Å². The highest BCUT2D eigenvalue weighted by atomic mass is 32.1. The summed E-state index contributed by atoms with van der Waals surface area (Å²) in [6.45, 7) is 2.06. The van der Waals surface area contributed by atoms with Crippen LogP contribution in [-0.2, 0) is 6.42 Å². The normalized spacial score (nSPS) is 12.4. The second-order valence-electron chi connectivity index (χ2n) is 4.08. The molecule has 1 unspecified atom stereocenters. The first kappa shape index (κ1) is 11.9. The average molecular weight is 250 g/mol. The van der Waals surface area contributed by atoms with Crippen molar-refractivity contribution in [2.75, 3.05) is 11.1 Å². The number of rotatable bonds is 4. The average Bonchev–Trinajstić information content (AvgIpc) is 2.77. The predicted octanol–water partition coefficient (Wildman–Crippen LogP) is 3.51. The minimum atomic E-state index is -0.377. The Hall–Kier alpha value is -1.55. The van der Waals surface area contributed by atoms with Gasteiger partial charge in [0.2, 0.25) is 0 Å². The molecule has 1 heterocycles. The van der Waals surface area contributed by atoms with Gasteiger partial charge in [-0.25, -0.2) is 4.39 Å². The van der Waals surface area contributed by atoms with Crippen molar-refractivity contribution in [2.45, 2.75) is 19.4 Å². The van der Waals surface area contributed by atoms with Gasteiger partial charge in [-0.15, -0.1) is 0 Å². The molecule has 0 amide bonds. The van der Waals surface area contributed by atoms with Crippen LogP contribution >= 0.6 is 11.3 Å². The number of benzene rings is 1. The van der Waals surface area contributed by atoms with E-state index >= 15 is 0 Å². The van der Waals surface area contributed by atoms with Crippen molar-refractivity contribution in [2.24, 2.45) is 0 Å². The van der Waals surface area contributed by atoms with Crippen LogP contribution in [0.4, 0.5) is 15.8 Å². The number of nitrogens with one attached hydrogen (secondary N) is 1. The first-order valence-electron chi connectivity index (χ1n) is 5.48. The Morgan fingerprint density at radius 1 is 1.41 bits per heavy atom. The topological polar surface area (TPSA) is 38.0 Å². The van der Waals surface area contributed by atoms with Gasteiger partial charge in [-0.2, -0.15) is 11.3 Å². The zero-order valence-corrected chi connectivity index (χ0v) is 10.4. The Morgan fingerprint density at radius 2 is 2.24 bits per heavy atom. The summed E-state index contributed by atoms with van der Waals surface area (Å²) in [5, 5.41) is 7.40. The third-order valence-electron chi connectivity index (χ3n) is 2.58. The smallest absolute Gasteiger partial charge is 0.148 e. The Labute approximate surface area is 104 Å². The molecule has 90 valence electrons. The first-order valence-corrected chi connectivity index (χ1v) is 6.42. The van der Waals surface area contributed by atoms with Crippen molar-refractivity contribution in [1.82, 2.24) is 0 Å². The fourth-order valence-corrected chi connectivity index (χ4v) is 2.42. The summed E-state index contributed by atoms with van der Waals surface area (Å²) in [7, 11) is 0. The monoisotopic (exact) mass is 250 g/mol. The zero-order chi connectivity index (χ0) is 12.3. The van der Waals surface area contributed by atoms with Crippen LogP contribution in [0.1, 0.15) is 12.5 Å². The molecule has 0 aliphatic rings. The Balaban J connectivity index is 2.03. The minimum Gasteiger partial charge on any atom is -0.395 e. The van der Waals surface area contributed by atoms with Gasteiger partial charge < -0.3 is 11.1 Å². The van der Waals surface area contributed by atoms with Crippen LogP contribution in [0.15, 0.2) is 35.0 Å². The van der Waals surface area contributed by atoms with E-state index in [1.165, 1.54) is 11.6 Å². The third-order valence-corrected chi connectivity index (χ3v) is 3.31. The molecule has 2 rings (SSSR count). The molecular weight excluding hydrogens is 235 g/mol. The standard InChI is InChI=1S/C13H15FN2S/c1-9(7-10-5-6-17-8-10)16-12-4-2-3-11(14)13(12)15/h2-6,8-9,16H,7,15H2,1H3. The Bertz CT molecular complexity index is 482. The van der Waals surface area contributed by atoms with E-state index in [0.29, 0.717) is 5.69 Å². The van der Waals surface area contributed by atoms with Crippen LogP contribution < -0.4 is 11.1 Å². The van der Waals surface area contributed by atoms with E-state index < -0.39 is 0 Å². The van der Waals surface area contributed by atoms with E-state index in [1.807, 2.05) is 0 Å². The van der Waals surface area contributed by atoms with Gasteiger partial charge >= 0.3 is 0 Å². The SMILES string of the molecule is CC(Cc1ccsc1)Nc1cccc(F)c1N. The molecule has 2 nitrogen and oxygen atoms in total. The van der Waals surface area contributed by atoms with Crippen LogP contribution in [0.5, 0.6) is 0 Å². The van der Waals surface area contributed by atoms with E-state index in [2.05, 4.69) is 29.1 Å². The number of nitrogen functional groups attached to an aromatic ring is 1. The van der Waals surface area contributed by atoms with Crippen molar-refractivity contribution < 1.29 is 4.39 Å². The molecule has 0 saturated heterocycles. The Kier molecular flexibility index (Phi) is 3.64. The predicted molar refractivity (Wildman–Crippen MR) is 71.9 cm³/mol. The quantitative estimate of drug-likeness (QED) is 0.815. The number of anilines is 2. The third kappa shape index (κ3) is 2.97. The lowest BCUT2D eigenvalue weighted by Crippen LogP contribution is -2.18. The molecule has 0 aliphatic heterocycles. The molecule has 1 atom stereocenters. The number of halogens is 1. The molecule has 0 bridgehead atoms. The molecule has 0 saturated carbocycles. The molecule has 2 aromatic rings. The summed E-state index contributed by atoms with van der Waals surface area (Å²) in [4.78, 5) is 0. The lowest BCUT2D eigenvalue weighted by Gasteiger charge is -2.16. The lowest BCUT2D eigenvalue weighted by atomic mass is 10.1. The number of para-hydroxylation sites is 1. The highest BCUT2D eigenvalue weighted by Gasteiger charge is 2.08. The second-order valence-corrected chi connectivity index (χ2v) is 4.86. The molecule has 0 spiro atoms. The Morgan fingerprint density at radius 3 is 2.94 bits per heavy atom. The molecule has 3 N–H and O–H groups in total. The number of nitrogens with two attached hydrogens (primary N) is 1.